The highest BCUT2D eigenvalue weighted by Gasteiger charge is 2.05. The summed E-state index contributed by atoms with van der Waals surface area (Å²) in [4.78, 5) is 0. The third-order valence-corrected chi connectivity index (χ3v) is 2.43. The number of nitrogens with one attached hydrogen (secondary N) is 1. The van der Waals surface area contributed by atoms with Crippen LogP contribution < -0.4 is 14.8 Å². The van der Waals surface area contributed by atoms with Gasteiger partial charge in [-0.3, -0.25) is 0 Å². The fourth-order valence-electron chi connectivity index (χ4n) is 1.65. The molecule has 1 aromatic carbocycles. The number of anilines is 1. The Bertz CT molecular complexity index is 366. The fraction of sp³-hybridized carbons (Fsp3) is 0.600. The Morgan fingerprint density at radius 2 is 1.74 bits per heavy atom. The second-order valence-corrected chi connectivity index (χ2v) is 4.37. The van der Waals surface area contributed by atoms with Gasteiger partial charge in [-0.15, -0.1) is 0 Å². The third-order valence-electron chi connectivity index (χ3n) is 2.43. The Morgan fingerprint density at radius 1 is 1.05 bits per heavy atom. The lowest BCUT2D eigenvalue weighted by Gasteiger charge is -2.14. The van der Waals surface area contributed by atoms with Gasteiger partial charge in [0.1, 0.15) is 0 Å². The van der Waals surface area contributed by atoms with E-state index in [0.29, 0.717) is 19.8 Å². The van der Waals surface area contributed by atoms with Crippen molar-refractivity contribution >= 4 is 5.69 Å². The Balaban J connectivity index is 2.56. The molecule has 0 bridgehead atoms. The van der Waals surface area contributed by atoms with E-state index in [2.05, 4.69) is 5.32 Å². The molecule has 0 heterocycles. The van der Waals surface area contributed by atoms with E-state index in [4.69, 9.17) is 14.2 Å². The summed E-state index contributed by atoms with van der Waals surface area (Å²) >= 11 is 0. The number of ether oxygens (including phenoxy) is 3. The van der Waals surface area contributed by atoms with Crippen molar-refractivity contribution in [3.05, 3.63) is 18.2 Å². The van der Waals surface area contributed by atoms with Gasteiger partial charge in [-0.1, -0.05) is 0 Å². The molecule has 0 amide bonds. The Hall–Kier alpha value is -1.42. The predicted molar refractivity (Wildman–Crippen MR) is 78.4 cm³/mol. The summed E-state index contributed by atoms with van der Waals surface area (Å²) < 4.78 is 16.6. The van der Waals surface area contributed by atoms with Crippen molar-refractivity contribution in [3.63, 3.8) is 0 Å². The molecule has 0 spiro atoms. The van der Waals surface area contributed by atoms with Crippen LogP contribution in [0.5, 0.6) is 11.5 Å². The summed E-state index contributed by atoms with van der Waals surface area (Å²) in [6, 6.07) is 5.88. The highest BCUT2D eigenvalue weighted by molar-refractivity contribution is 5.54. The lowest BCUT2D eigenvalue weighted by molar-refractivity contribution is 0.0870. The van der Waals surface area contributed by atoms with Crippen molar-refractivity contribution in [3.8, 4) is 11.5 Å². The minimum absolute atomic E-state index is 0.265. The van der Waals surface area contributed by atoms with Crippen LogP contribution in [0.2, 0.25) is 0 Å². The van der Waals surface area contributed by atoms with Gasteiger partial charge in [0, 0.05) is 18.3 Å². The molecule has 0 fully saturated rings. The van der Waals surface area contributed by atoms with Crippen molar-refractivity contribution in [2.24, 2.45) is 0 Å². The summed E-state index contributed by atoms with van der Waals surface area (Å²) in [5, 5.41) is 3.31. The first-order chi connectivity index (χ1) is 9.17. The van der Waals surface area contributed by atoms with E-state index in [1.54, 1.807) is 0 Å². The SMILES string of the molecule is CCOc1ccc(NCCOC(C)C)cc1OCC. The average molecular weight is 267 g/mol. The first-order valence-electron chi connectivity index (χ1n) is 6.92. The van der Waals surface area contributed by atoms with Crippen molar-refractivity contribution in [1.82, 2.24) is 0 Å². The molecule has 0 atom stereocenters. The summed E-state index contributed by atoms with van der Waals surface area (Å²) in [6.45, 7) is 10.7. The van der Waals surface area contributed by atoms with E-state index < -0.39 is 0 Å². The smallest absolute Gasteiger partial charge is 0.163 e. The maximum atomic E-state index is 5.58. The zero-order chi connectivity index (χ0) is 14.1. The van der Waals surface area contributed by atoms with Gasteiger partial charge in [-0.2, -0.15) is 0 Å². The molecule has 4 heteroatoms. The van der Waals surface area contributed by atoms with E-state index in [9.17, 15) is 0 Å². The molecule has 1 rings (SSSR count). The van der Waals surface area contributed by atoms with Gasteiger partial charge in [-0.25, -0.2) is 0 Å². The molecule has 19 heavy (non-hydrogen) atoms. The standard InChI is InChI=1S/C15H25NO3/c1-5-17-14-8-7-13(11-15(14)18-6-2)16-9-10-19-12(3)4/h7-8,11-12,16H,5-6,9-10H2,1-4H3. The van der Waals surface area contributed by atoms with Crippen LogP contribution in [0.1, 0.15) is 27.7 Å². The van der Waals surface area contributed by atoms with Crippen LogP contribution in [0.3, 0.4) is 0 Å². The minimum atomic E-state index is 0.265. The van der Waals surface area contributed by atoms with Gasteiger partial charge in [0.15, 0.2) is 11.5 Å². The Morgan fingerprint density at radius 3 is 2.37 bits per heavy atom. The molecule has 0 aliphatic heterocycles. The monoisotopic (exact) mass is 267 g/mol. The lowest BCUT2D eigenvalue weighted by Crippen LogP contribution is -2.13. The topological polar surface area (TPSA) is 39.7 Å². The molecule has 108 valence electrons. The van der Waals surface area contributed by atoms with E-state index in [0.717, 1.165) is 23.7 Å². The van der Waals surface area contributed by atoms with Gasteiger partial charge in [0.25, 0.3) is 0 Å². The van der Waals surface area contributed by atoms with E-state index in [1.807, 2.05) is 45.9 Å². The summed E-state index contributed by atoms with van der Waals surface area (Å²) in [5.74, 6) is 1.56. The lowest BCUT2D eigenvalue weighted by atomic mass is 10.2. The zero-order valence-corrected chi connectivity index (χ0v) is 12.4. The number of hydrogen-bond donors (Lipinski definition) is 1. The minimum Gasteiger partial charge on any atom is -0.490 e. The first kappa shape index (κ1) is 15.6. The van der Waals surface area contributed by atoms with Gasteiger partial charge < -0.3 is 19.5 Å². The van der Waals surface area contributed by atoms with Crippen LogP contribution in [-0.4, -0.2) is 32.5 Å². The quantitative estimate of drug-likeness (QED) is 0.697. The van der Waals surface area contributed by atoms with Crippen LogP contribution in [0.4, 0.5) is 5.69 Å². The molecule has 1 aromatic rings. The first-order valence-corrected chi connectivity index (χ1v) is 6.92. The summed E-state index contributed by atoms with van der Waals surface area (Å²) in [5.41, 5.74) is 1.01. The maximum absolute atomic E-state index is 5.58. The molecular formula is C15H25NO3. The maximum Gasteiger partial charge on any atom is 0.163 e. The highest BCUT2D eigenvalue weighted by Crippen LogP contribution is 2.30. The average Bonchev–Trinajstić information content (AvgIpc) is 2.38. The van der Waals surface area contributed by atoms with Crippen molar-refractivity contribution < 1.29 is 14.2 Å². The molecule has 1 N–H and O–H groups in total. The zero-order valence-electron chi connectivity index (χ0n) is 12.4. The molecule has 0 radical (unpaired) electrons. The van der Waals surface area contributed by atoms with E-state index in [1.165, 1.54) is 0 Å². The molecule has 0 saturated carbocycles. The summed E-state index contributed by atoms with van der Waals surface area (Å²) in [6.07, 6.45) is 0.265. The second-order valence-electron chi connectivity index (χ2n) is 4.37. The van der Waals surface area contributed by atoms with Gasteiger partial charge >= 0.3 is 0 Å². The van der Waals surface area contributed by atoms with Gasteiger partial charge in [-0.05, 0) is 39.8 Å². The molecule has 0 aliphatic rings. The van der Waals surface area contributed by atoms with Crippen LogP contribution >= 0.6 is 0 Å². The molecule has 0 unspecified atom stereocenters. The van der Waals surface area contributed by atoms with Crippen LogP contribution in [0, 0.1) is 0 Å². The molecule has 0 saturated heterocycles. The predicted octanol–water partition coefficient (Wildman–Crippen LogP) is 3.32. The van der Waals surface area contributed by atoms with Gasteiger partial charge in [0.2, 0.25) is 0 Å². The van der Waals surface area contributed by atoms with Crippen molar-refractivity contribution in [2.75, 3.05) is 31.7 Å². The largest absolute Gasteiger partial charge is 0.490 e. The molecule has 4 nitrogen and oxygen atoms in total. The second kappa shape index (κ2) is 8.64. The Kier molecular flexibility index (Phi) is 7.11. The third kappa shape index (κ3) is 5.83. The molecule has 0 aliphatic carbocycles. The Labute approximate surface area is 116 Å². The fourth-order valence-corrected chi connectivity index (χ4v) is 1.65. The van der Waals surface area contributed by atoms with Crippen LogP contribution in [0.15, 0.2) is 18.2 Å². The summed E-state index contributed by atoms with van der Waals surface area (Å²) in [7, 11) is 0. The van der Waals surface area contributed by atoms with Crippen LogP contribution in [-0.2, 0) is 4.74 Å². The number of rotatable bonds is 9. The molecule has 0 aromatic heterocycles. The highest BCUT2D eigenvalue weighted by atomic mass is 16.5. The van der Waals surface area contributed by atoms with Crippen LogP contribution in [0.25, 0.3) is 0 Å². The number of benzene rings is 1. The molecular weight excluding hydrogens is 242 g/mol. The van der Waals surface area contributed by atoms with Gasteiger partial charge in [0.05, 0.1) is 25.9 Å². The van der Waals surface area contributed by atoms with Crippen molar-refractivity contribution in [2.45, 2.75) is 33.8 Å². The number of hydrogen-bond acceptors (Lipinski definition) is 4. The van der Waals surface area contributed by atoms with E-state index in [-0.39, 0.29) is 6.10 Å². The van der Waals surface area contributed by atoms with Crippen molar-refractivity contribution in [1.29, 1.82) is 0 Å². The normalized spacial score (nSPS) is 10.6. The van der Waals surface area contributed by atoms with E-state index >= 15 is 0 Å².